The second-order valence-corrected chi connectivity index (χ2v) is 5.84. The number of carbonyl (C=O) groups is 2. The number of carbonyl (C=O) groups excluding carboxylic acids is 2. The van der Waals surface area contributed by atoms with Crippen LogP contribution in [0, 0.1) is 18.7 Å². The number of rotatable bonds is 4. The van der Waals surface area contributed by atoms with Crippen molar-refractivity contribution in [3.63, 3.8) is 0 Å². The summed E-state index contributed by atoms with van der Waals surface area (Å²) in [5, 5.41) is 2.73. The molecule has 3 N–H and O–H groups in total. The first-order chi connectivity index (χ1) is 10.4. The minimum absolute atomic E-state index is 0.0993. The molecule has 5 nitrogen and oxygen atoms in total. The van der Waals surface area contributed by atoms with E-state index in [4.69, 9.17) is 5.73 Å². The van der Waals surface area contributed by atoms with E-state index in [9.17, 15) is 14.0 Å². The summed E-state index contributed by atoms with van der Waals surface area (Å²) in [6.07, 6.45) is 1.35. The molecule has 1 atom stereocenters. The SMILES string of the molecule is Cc1ccc(NC(=O)[C@H](C)N2CCC(C(N)=O)CC2)cc1F. The maximum Gasteiger partial charge on any atom is 0.241 e. The van der Waals surface area contributed by atoms with Gasteiger partial charge in [0.2, 0.25) is 11.8 Å². The molecule has 1 heterocycles. The number of hydrogen-bond donors (Lipinski definition) is 2. The molecule has 0 radical (unpaired) electrons. The summed E-state index contributed by atoms with van der Waals surface area (Å²) in [5.74, 6) is -0.891. The number of piperidine rings is 1. The first-order valence-corrected chi connectivity index (χ1v) is 7.49. The van der Waals surface area contributed by atoms with Crippen molar-refractivity contribution in [2.24, 2.45) is 11.7 Å². The van der Waals surface area contributed by atoms with Gasteiger partial charge in [-0.15, -0.1) is 0 Å². The van der Waals surface area contributed by atoms with Crippen molar-refractivity contribution in [1.29, 1.82) is 0 Å². The largest absolute Gasteiger partial charge is 0.369 e. The van der Waals surface area contributed by atoms with Crippen LogP contribution >= 0.6 is 0 Å². The summed E-state index contributed by atoms with van der Waals surface area (Å²) in [6, 6.07) is 4.30. The molecule has 0 aromatic heterocycles. The number of nitrogens with zero attached hydrogens (tertiary/aromatic N) is 1. The first kappa shape index (κ1) is 16.4. The Morgan fingerprint density at radius 2 is 2.00 bits per heavy atom. The summed E-state index contributed by atoms with van der Waals surface area (Å²) >= 11 is 0. The molecule has 1 saturated heterocycles. The van der Waals surface area contributed by atoms with Gasteiger partial charge in [0, 0.05) is 11.6 Å². The van der Waals surface area contributed by atoms with Crippen LogP contribution in [0.25, 0.3) is 0 Å². The van der Waals surface area contributed by atoms with Gasteiger partial charge in [-0.25, -0.2) is 4.39 Å². The summed E-state index contributed by atoms with van der Waals surface area (Å²) in [4.78, 5) is 25.4. The Morgan fingerprint density at radius 1 is 1.36 bits per heavy atom. The molecule has 0 spiro atoms. The van der Waals surface area contributed by atoms with Crippen LogP contribution in [-0.4, -0.2) is 35.8 Å². The zero-order valence-corrected chi connectivity index (χ0v) is 12.9. The van der Waals surface area contributed by atoms with E-state index < -0.39 is 0 Å². The zero-order chi connectivity index (χ0) is 16.3. The van der Waals surface area contributed by atoms with Crippen LogP contribution in [0.2, 0.25) is 0 Å². The van der Waals surface area contributed by atoms with E-state index in [0.29, 0.717) is 37.2 Å². The fourth-order valence-corrected chi connectivity index (χ4v) is 2.65. The second-order valence-electron chi connectivity index (χ2n) is 5.84. The predicted octanol–water partition coefficient (Wildman–Crippen LogP) is 1.66. The molecule has 0 aliphatic carbocycles. The maximum absolute atomic E-state index is 13.5. The number of likely N-dealkylation sites (tertiary alicyclic amines) is 1. The Hall–Kier alpha value is -1.95. The summed E-state index contributed by atoms with van der Waals surface area (Å²) in [5.41, 5.74) is 6.30. The predicted molar refractivity (Wildman–Crippen MR) is 82.7 cm³/mol. The topological polar surface area (TPSA) is 75.4 Å². The van der Waals surface area contributed by atoms with Crippen LogP contribution in [0.5, 0.6) is 0 Å². The van der Waals surface area contributed by atoms with Crippen molar-refractivity contribution >= 4 is 17.5 Å². The molecule has 0 unspecified atom stereocenters. The standard InChI is InChI=1S/C16H22FN3O2/c1-10-3-4-13(9-14(10)17)19-16(22)11(2)20-7-5-12(6-8-20)15(18)21/h3-4,9,11-12H,5-8H2,1-2H3,(H2,18,21)(H,19,22)/t11-/m0/s1. The van der Waals surface area contributed by atoms with Gasteiger partial charge in [-0.05, 0) is 57.5 Å². The Balaban J connectivity index is 1.92. The molecule has 1 aromatic carbocycles. The summed E-state index contributed by atoms with van der Waals surface area (Å²) in [6.45, 7) is 4.80. The van der Waals surface area contributed by atoms with Crippen molar-refractivity contribution < 1.29 is 14.0 Å². The van der Waals surface area contributed by atoms with Crippen LogP contribution in [0.1, 0.15) is 25.3 Å². The molecule has 120 valence electrons. The van der Waals surface area contributed by atoms with E-state index in [1.165, 1.54) is 6.07 Å². The fourth-order valence-electron chi connectivity index (χ4n) is 2.65. The highest BCUT2D eigenvalue weighted by Crippen LogP contribution is 2.20. The molecule has 22 heavy (non-hydrogen) atoms. The number of nitrogens with one attached hydrogen (secondary N) is 1. The van der Waals surface area contributed by atoms with Crippen molar-refractivity contribution in [3.8, 4) is 0 Å². The number of benzene rings is 1. The Kier molecular flexibility index (Phi) is 5.13. The van der Waals surface area contributed by atoms with Crippen molar-refractivity contribution in [2.75, 3.05) is 18.4 Å². The average molecular weight is 307 g/mol. The van der Waals surface area contributed by atoms with E-state index >= 15 is 0 Å². The van der Waals surface area contributed by atoms with Crippen LogP contribution in [0.4, 0.5) is 10.1 Å². The van der Waals surface area contributed by atoms with Crippen molar-refractivity contribution in [3.05, 3.63) is 29.6 Å². The van der Waals surface area contributed by atoms with E-state index in [1.54, 1.807) is 19.1 Å². The van der Waals surface area contributed by atoms with Gasteiger partial charge in [0.1, 0.15) is 5.82 Å². The molecule has 1 aliphatic heterocycles. The molecule has 0 saturated carbocycles. The third-order valence-corrected chi connectivity index (χ3v) is 4.30. The lowest BCUT2D eigenvalue weighted by atomic mass is 9.95. The number of halogens is 1. The molecular weight excluding hydrogens is 285 g/mol. The quantitative estimate of drug-likeness (QED) is 0.888. The zero-order valence-electron chi connectivity index (χ0n) is 12.9. The molecule has 1 fully saturated rings. The smallest absolute Gasteiger partial charge is 0.241 e. The third kappa shape index (κ3) is 3.82. The van der Waals surface area contributed by atoms with Gasteiger partial charge in [0.25, 0.3) is 0 Å². The van der Waals surface area contributed by atoms with Crippen LogP contribution in [-0.2, 0) is 9.59 Å². The minimum Gasteiger partial charge on any atom is -0.369 e. The summed E-state index contributed by atoms with van der Waals surface area (Å²) in [7, 11) is 0. The number of amides is 2. The molecular formula is C16H22FN3O2. The van der Waals surface area contributed by atoms with Gasteiger partial charge in [-0.1, -0.05) is 6.07 Å². The van der Waals surface area contributed by atoms with Crippen molar-refractivity contribution in [1.82, 2.24) is 4.90 Å². The van der Waals surface area contributed by atoms with Crippen LogP contribution < -0.4 is 11.1 Å². The van der Waals surface area contributed by atoms with E-state index in [-0.39, 0.29) is 29.6 Å². The summed E-state index contributed by atoms with van der Waals surface area (Å²) < 4.78 is 13.5. The van der Waals surface area contributed by atoms with E-state index in [1.807, 2.05) is 11.8 Å². The fraction of sp³-hybridized carbons (Fsp3) is 0.500. The minimum atomic E-state index is -0.340. The van der Waals surface area contributed by atoms with Gasteiger partial charge in [0.15, 0.2) is 0 Å². The molecule has 2 amide bonds. The average Bonchev–Trinajstić information content (AvgIpc) is 2.50. The van der Waals surface area contributed by atoms with Crippen LogP contribution in [0.3, 0.4) is 0 Å². The lowest BCUT2D eigenvalue weighted by molar-refractivity contribution is -0.124. The Morgan fingerprint density at radius 3 is 2.55 bits per heavy atom. The van der Waals surface area contributed by atoms with E-state index in [2.05, 4.69) is 5.32 Å². The maximum atomic E-state index is 13.5. The highest BCUT2D eigenvalue weighted by Gasteiger charge is 2.28. The lowest BCUT2D eigenvalue weighted by Gasteiger charge is -2.34. The molecule has 6 heteroatoms. The Labute approximate surface area is 129 Å². The monoisotopic (exact) mass is 307 g/mol. The van der Waals surface area contributed by atoms with Gasteiger partial charge in [-0.2, -0.15) is 0 Å². The van der Waals surface area contributed by atoms with Gasteiger partial charge >= 0.3 is 0 Å². The third-order valence-electron chi connectivity index (χ3n) is 4.30. The lowest BCUT2D eigenvalue weighted by Crippen LogP contribution is -2.47. The second kappa shape index (κ2) is 6.87. The molecule has 0 bridgehead atoms. The molecule has 2 rings (SSSR count). The highest BCUT2D eigenvalue weighted by atomic mass is 19.1. The number of anilines is 1. The van der Waals surface area contributed by atoms with Crippen molar-refractivity contribution in [2.45, 2.75) is 32.7 Å². The Bertz CT molecular complexity index is 569. The van der Waals surface area contributed by atoms with Gasteiger partial charge in [-0.3, -0.25) is 14.5 Å². The molecule has 1 aromatic rings. The first-order valence-electron chi connectivity index (χ1n) is 7.49. The molecule has 1 aliphatic rings. The number of nitrogens with two attached hydrogens (primary N) is 1. The van der Waals surface area contributed by atoms with Crippen LogP contribution in [0.15, 0.2) is 18.2 Å². The highest BCUT2D eigenvalue weighted by molar-refractivity contribution is 5.94. The normalized spacial score (nSPS) is 18.0. The van der Waals surface area contributed by atoms with E-state index in [0.717, 1.165) is 0 Å². The van der Waals surface area contributed by atoms with Gasteiger partial charge in [0.05, 0.1) is 6.04 Å². The number of hydrogen-bond acceptors (Lipinski definition) is 3. The number of primary amides is 1. The number of aryl methyl sites for hydroxylation is 1. The van der Waals surface area contributed by atoms with Gasteiger partial charge < -0.3 is 11.1 Å².